The van der Waals surface area contributed by atoms with Crippen LogP contribution in [0.25, 0.3) is 0 Å². The van der Waals surface area contributed by atoms with Gasteiger partial charge in [0, 0.05) is 10.6 Å². The minimum Gasteiger partial charge on any atom is -0.457 e. The van der Waals surface area contributed by atoms with Gasteiger partial charge in [0.15, 0.2) is 6.61 Å². The number of benzene rings is 1. The van der Waals surface area contributed by atoms with Gasteiger partial charge < -0.3 is 4.74 Å². The number of ketones is 1. The first-order valence-electron chi connectivity index (χ1n) is 6.14. The lowest BCUT2D eigenvalue weighted by Gasteiger charge is -2.11. The summed E-state index contributed by atoms with van der Waals surface area (Å²) in [6.07, 6.45) is 1.40. The minimum atomic E-state index is -0.344. The van der Waals surface area contributed by atoms with Crippen molar-refractivity contribution in [3.63, 3.8) is 0 Å². The molecule has 1 rings (SSSR count). The molecule has 0 saturated carbocycles. The van der Waals surface area contributed by atoms with Gasteiger partial charge in [0.1, 0.15) is 0 Å². The number of esters is 1. The number of hydrogen-bond acceptors (Lipinski definition) is 3. The van der Waals surface area contributed by atoms with Crippen LogP contribution in [-0.4, -0.2) is 18.4 Å². The van der Waals surface area contributed by atoms with E-state index in [4.69, 9.17) is 27.9 Å². The molecule has 0 saturated heterocycles. The molecule has 0 aliphatic rings. The smallest absolute Gasteiger partial charge is 0.309 e. The first-order chi connectivity index (χ1) is 8.99. The van der Waals surface area contributed by atoms with Crippen molar-refractivity contribution in [1.82, 2.24) is 0 Å². The second-order valence-corrected chi connectivity index (χ2v) is 5.01. The first kappa shape index (κ1) is 16.0. The molecule has 0 radical (unpaired) electrons. The molecule has 0 fully saturated rings. The Labute approximate surface area is 122 Å². The SMILES string of the molecule is CCC(CC)C(=O)OCC(=O)c1ccc(Cl)cc1Cl. The summed E-state index contributed by atoms with van der Waals surface area (Å²) in [4.78, 5) is 23.5. The Balaban J connectivity index is 2.63. The molecule has 1 aromatic rings. The summed E-state index contributed by atoms with van der Waals surface area (Å²) >= 11 is 11.7. The molecule has 0 amide bonds. The highest BCUT2D eigenvalue weighted by atomic mass is 35.5. The Morgan fingerprint density at radius 1 is 1.21 bits per heavy atom. The molecular weight excluding hydrogens is 287 g/mol. The van der Waals surface area contributed by atoms with E-state index in [0.717, 1.165) is 0 Å². The largest absolute Gasteiger partial charge is 0.457 e. The van der Waals surface area contributed by atoms with Crippen molar-refractivity contribution in [1.29, 1.82) is 0 Å². The van der Waals surface area contributed by atoms with E-state index in [1.165, 1.54) is 12.1 Å². The van der Waals surface area contributed by atoms with E-state index in [1.807, 2.05) is 13.8 Å². The van der Waals surface area contributed by atoms with Crippen molar-refractivity contribution in [2.45, 2.75) is 26.7 Å². The van der Waals surface area contributed by atoms with Gasteiger partial charge in [0.2, 0.25) is 5.78 Å². The minimum absolute atomic E-state index is 0.159. The molecule has 0 heterocycles. The van der Waals surface area contributed by atoms with E-state index < -0.39 is 0 Å². The number of Topliss-reactive ketones (excluding diaryl/α,β-unsaturated/α-hetero) is 1. The maximum atomic E-state index is 11.9. The van der Waals surface area contributed by atoms with Gasteiger partial charge in [-0.2, -0.15) is 0 Å². The third-order valence-corrected chi connectivity index (χ3v) is 3.44. The number of hydrogen-bond donors (Lipinski definition) is 0. The zero-order valence-electron chi connectivity index (χ0n) is 10.9. The molecule has 0 atom stereocenters. The Morgan fingerprint density at radius 2 is 1.84 bits per heavy atom. The fourth-order valence-electron chi connectivity index (χ4n) is 1.67. The summed E-state index contributed by atoms with van der Waals surface area (Å²) < 4.78 is 5.01. The lowest BCUT2D eigenvalue weighted by molar-refractivity contribution is -0.147. The second-order valence-electron chi connectivity index (χ2n) is 4.17. The molecule has 104 valence electrons. The molecule has 1 aromatic carbocycles. The molecule has 0 N–H and O–H groups in total. The van der Waals surface area contributed by atoms with Gasteiger partial charge in [0.05, 0.1) is 10.9 Å². The van der Waals surface area contributed by atoms with Crippen molar-refractivity contribution in [3.8, 4) is 0 Å². The van der Waals surface area contributed by atoms with Crippen LogP contribution in [-0.2, 0) is 9.53 Å². The number of carbonyl (C=O) groups is 2. The van der Waals surface area contributed by atoms with E-state index in [0.29, 0.717) is 23.4 Å². The monoisotopic (exact) mass is 302 g/mol. The summed E-state index contributed by atoms with van der Waals surface area (Å²) in [6.45, 7) is 3.53. The normalized spacial score (nSPS) is 10.6. The van der Waals surface area contributed by atoms with Crippen LogP contribution < -0.4 is 0 Å². The van der Waals surface area contributed by atoms with Crippen LogP contribution in [0, 0.1) is 5.92 Å². The summed E-state index contributed by atoms with van der Waals surface area (Å²) in [6, 6.07) is 4.58. The van der Waals surface area contributed by atoms with Gasteiger partial charge in [-0.05, 0) is 31.0 Å². The number of carbonyl (C=O) groups excluding carboxylic acids is 2. The van der Waals surface area contributed by atoms with Crippen molar-refractivity contribution < 1.29 is 14.3 Å². The van der Waals surface area contributed by atoms with Crippen molar-refractivity contribution >= 4 is 35.0 Å². The van der Waals surface area contributed by atoms with Gasteiger partial charge in [-0.3, -0.25) is 9.59 Å². The highest BCUT2D eigenvalue weighted by Gasteiger charge is 2.18. The van der Waals surface area contributed by atoms with Gasteiger partial charge in [-0.25, -0.2) is 0 Å². The number of halogens is 2. The zero-order valence-corrected chi connectivity index (χ0v) is 12.4. The maximum absolute atomic E-state index is 11.9. The van der Waals surface area contributed by atoms with Crippen LogP contribution in [0.5, 0.6) is 0 Å². The lowest BCUT2D eigenvalue weighted by Crippen LogP contribution is -2.20. The molecule has 3 nitrogen and oxygen atoms in total. The third kappa shape index (κ3) is 4.51. The number of ether oxygens (including phenoxy) is 1. The van der Waals surface area contributed by atoms with Crippen LogP contribution >= 0.6 is 23.2 Å². The quantitative estimate of drug-likeness (QED) is 0.585. The summed E-state index contributed by atoms with van der Waals surface area (Å²) in [5.74, 6) is -0.835. The van der Waals surface area contributed by atoms with Gasteiger partial charge in [-0.1, -0.05) is 37.0 Å². The molecule has 0 spiro atoms. The third-order valence-electron chi connectivity index (χ3n) is 2.90. The van der Waals surface area contributed by atoms with Crippen molar-refractivity contribution in [2.24, 2.45) is 5.92 Å². The van der Waals surface area contributed by atoms with Gasteiger partial charge in [-0.15, -0.1) is 0 Å². The van der Waals surface area contributed by atoms with Crippen LogP contribution in [0.1, 0.15) is 37.0 Å². The average molecular weight is 303 g/mol. The molecule has 0 aliphatic heterocycles. The fourth-order valence-corrected chi connectivity index (χ4v) is 2.18. The van der Waals surface area contributed by atoms with Crippen LogP contribution in [0.2, 0.25) is 10.0 Å². The molecule has 0 aliphatic carbocycles. The van der Waals surface area contributed by atoms with E-state index in [1.54, 1.807) is 6.07 Å². The van der Waals surface area contributed by atoms with Gasteiger partial charge >= 0.3 is 5.97 Å². The van der Waals surface area contributed by atoms with Crippen LogP contribution in [0.3, 0.4) is 0 Å². The molecule has 0 unspecified atom stereocenters. The second kappa shape index (κ2) is 7.51. The lowest BCUT2D eigenvalue weighted by atomic mass is 10.0. The van der Waals surface area contributed by atoms with Crippen LogP contribution in [0.15, 0.2) is 18.2 Å². The number of rotatable bonds is 6. The van der Waals surface area contributed by atoms with E-state index in [-0.39, 0.29) is 29.3 Å². The Hall–Kier alpha value is -1.06. The summed E-state index contributed by atoms with van der Waals surface area (Å²) in [5, 5.41) is 0.714. The maximum Gasteiger partial charge on any atom is 0.309 e. The Kier molecular flexibility index (Phi) is 6.32. The first-order valence-corrected chi connectivity index (χ1v) is 6.90. The predicted octanol–water partition coefficient (Wildman–Crippen LogP) is 4.16. The summed E-state index contributed by atoms with van der Waals surface area (Å²) in [7, 11) is 0. The predicted molar refractivity (Wildman–Crippen MR) is 75.8 cm³/mol. The van der Waals surface area contributed by atoms with Crippen molar-refractivity contribution in [3.05, 3.63) is 33.8 Å². The van der Waals surface area contributed by atoms with E-state index in [9.17, 15) is 9.59 Å². The highest BCUT2D eigenvalue weighted by Crippen LogP contribution is 2.21. The Bertz CT molecular complexity index is 468. The molecular formula is C14H16Cl2O3. The standard InChI is InChI=1S/C14H16Cl2O3/c1-3-9(4-2)14(18)19-8-13(17)11-6-5-10(15)7-12(11)16/h5-7,9H,3-4,8H2,1-2H3. The molecule has 0 aromatic heterocycles. The fraction of sp³-hybridized carbons (Fsp3) is 0.429. The van der Waals surface area contributed by atoms with E-state index >= 15 is 0 Å². The van der Waals surface area contributed by atoms with Gasteiger partial charge in [0.25, 0.3) is 0 Å². The van der Waals surface area contributed by atoms with Crippen LogP contribution in [0.4, 0.5) is 0 Å². The molecule has 5 heteroatoms. The topological polar surface area (TPSA) is 43.4 Å². The molecule has 19 heavy (non-hydrogen) atoms. The summed E-state index contributed by atoms with van der Waals surface area (Å²) in [5.41, 5.74) is 0.309. The van der Waals surface area contributed by atoms with E-state index in [2.05, 4.69) is 0 Å². The van der Waals surface area contributed by atoms with Crippen molar-refractivity contribution in [2.75, 3.05) is 6.61 Å². The molecule has 0 bridgehead atoms. The zero-order chi connectivity index (χ0) is 14.4. The Morgan fingerprint density at radius 3 is 2.37 bits per heavy atom. The average Bonchev–Trinajstić information content (AvgIpc) is 2.37. The highest BCUT2D eigenvalue weighted by molar-refractivity contribution is 6.36.